The summed E-state index contributed by atoms with van der Waals surface area (Å²) in [5, 5.41) is 5.40. The molecular formula is C27H26F3N3O4. The van der Waals surface area contributed by atoms with Crippen molar-refractivity contribution in [3.8, 4) is 16.9 Å². The van der Waals surface area contributed by atoms with E-state index in [1.54, 1.807) is 26.0 Å². The second-order valence-electron chi connectivity index (χ2n) is 8.27. The fraction of sp³-hybridized carbons (Fsp3) is 0.222. The van der Waals surface area contributed by atoms with Crippen LogP contribution in [0.15, 0.2) is 59.9 Å². The molecule has 2 amide bonds. The smallest absolute Gasteiger partial charge is 0.406 e. The molecule has 0 spiro atoms. The van der Waals surface area contributed by atoms with Gasteiger partial charge >= 0.3 is 6.36 Å². The Kier molecular flexibility index (Phi) is 8.21. The summed E-state index contributed by atoms with van der Waals surface area (Å²) < 4.78 is 41.5. The van der Waals surface area contributed by atoms with Crippen molar-refractivity contribution in [3.05, 3.63) is 93.4 Å². The number of pyridine rings is 1. The zero-order chi connectivity index (χ0) is 27.3. The van der Waals surface area contributed by atoms with Crippen molar-refractivity contribution in [2.24, 2.45) is 0 Å². The van der Waals surface area contributed by atoms with Crippen molar-refractivity contribution in [1.82, 2.24) is 10.3 Å². The molecule has 194 valence electrons. The van der Waals surface area contributed by atoms with Gasteiger partial charge in [0, 0.05) is 23.4 Å². The lowest BCUT2D eigenvalue weighted by Crippen LogP contribution is -2.29. The highest BCUT2D eigenvalue weighted by Crippen LogP contribution is 2.35. The Balaban J connectivity index is 2.02. The van der Waals surface area contributed by atoms with E-state index in [0.717, 1.165) is 23.8 Å². The van der Waals surface area contributed by atoms with Gasteiger partial charge < -0.3 is 20.4 Å². The van der Waals surface area contributed by atoms with E-state index in [4.69, 9.17) is 0 Å². The highest BCUT2D eigenvalue weighted by Gasteiger charge is 2.31. The Labute approximate surface area is 211 Å². The van der Waals surface area contributed by atoms with Crippen LogP contribution >= 0.6 is 0 Å². The number of aryl methyl sites for hydroxylation is 3. The molecule has 3 aromatic rings. The molecule has 3 N–H and O–H groups in total. The number of anilines is 1. The first-order chi connectivity index (χ1) is 17.4. The quantitative estimate of drug-likeness (QED) is 0.362. The summed E-state index contributed by atoms with van der Waals surface area (Å²) in [7, 11) is 0. The first-order valence-corrected chi connectivity index (χ1v) is 11.4. The highest BCUT2D eigenvalue weighted by molar-refractivity contribution is 6.10. The van der Waals surface area contributed by atoms with E-state index in [9.17, 15) is 27.6 Å². The van der Waals surface area contributed by atoms with Crippen LogP contribution in [-0.4, -0.2) is 23.2 Å². The Morgan fingerprint density at radius 2 is 1.78 bits per heavy atom. The molecule has 7 nitrogen and oxygen atoms in total. The third kappa shape index (κ3) is 6.66. The van der Waals surface area contributed by atoms with Gasteiger partial charge in [0.05, 0.1) is 11.3 Å². The molecule has 1 aromatic heterocycles. The lowest BCUT2D eigenvalue weighted by molar-refractivity contribution is -0.274. The number of carbonyl (C=O) groups is 2. The van der Waals surface area contributed by atoms with E-state index < -0.39 is 23.9 Å². The first kappa shape index (κ1) is 27.3. The lowest BCUT2D eigenvalue weighted by Gasteiger charge is -2.18. The molecule has 1 heterocycles. The second kappa shape index (κ2) is 11.2. The number of hydrogen-bond donors (Lipinski definition) is 3. The van der Waals surface area contributed by atoms with Crippen LogP contribution in [0.1, 0.15) is 39.7 Å². The number of H-pyrrole nitrogens is 1. The average molecular weight is 514 g/mol. The van der Waals surface area contributed by atoms with E-state index in [2.05, 4.69) is 26.9 Å². The first-order valence-electron chi connectivity index (χ1n) is 11.4. The van der Waals surface area contributed by atoms with Gasteiger partial charge in [-0.05, 0) is 61.2 Å². The van der Waals surface area contributed by atoms with Gasteiger partial charge in [-0.15, -0.1) is 13.2 Å². The predicted molar refractivity (Wildman–Crippen MR) is 134 cm³/mol. The van der Waals surface area contributed by atoms with Gasteiger partial charge in [-0.2, -0.15) is 0 Å². The topological polar surface area (TPSA) is 100 Å². The standard InChI is InChI=1S/C27H26F3N3O4/c1-5-17-13-16(4)32-25(35)21(17)14-31-26(36)23-15(3)7-12-20(24(23)33-22(34)6-2)18-8-10-19(11-9-18)37-27(28,29)30/h6-13H,2,5,14H2,1,3-4H3,(H,31,36)(H,32,35)(H,33,34). The van der Waals surface area contributed by atoms with Crippen LogP contribution in [0.2, 0.25) is 0 Å². The van der Waals surface area contributed by atoms with Gasteiger partial charge in [0.15, 0.2) is 0 Å². The Morgan fingerprint density at radius 1 is 1.11 bits per heavy atom. The third-order valence-corrected chi connectivity index (χ3v) is 5.64. The number of halogens is 3. The largest absolute Gasteiger partial charge is 0.573 e. The van der Waals surface area contributed by atoms with Crippen molar-refractivity contribution >= 4 is 17.5 Å². The molecule has 0 aliphatic carbocycles. The summed E-state index contributed by atoms with van der Waals surface area (Å²) in [6, 6.07) is 10.2. The van der Waals surface area contributed by atoms with Crippen molar-refractivity contribution in [1.29, 1.82) is 0 Å². The molecule has 0 saturated carbocycles. The van der Waals surface area contributed by atoms with E-state index >= 15 is 0 Å². The number of ether oxygens (including phenoxy) is 1. The maximum atomic E-state index is 13.4. The molecule has 0 unspecified atom stereocenters. The molecule has 0 aliphatic rings. The minimum absolute atomic E-state index is 0.0421. The van der Waals surface area contributed by atoms with Crippen LogP contribution in [-0.2, 0) is 17.8 Å². The number of nitrogens with one attached hydrogen (secondary N) is 3. The number of aromatic amines is 1. The molecule has 0 saturated heterocycles. The zero-order valence-corrected chi connectivity index (χ0v) is 20.5. The van der Waals surface area contributed by atoms with E-state index in [-0.39, 0.29) is 23.4 Å². The van der Waals surface area contributed by atoms with Crippen LogP contribution < -0.4 is 20.9 Å². The summed E-state index contributed by atoms with van der Waals surface area (Å²) in [5.41, 5.74) is 3.29. The summed E-state index contributed by atoms with van der Waals surface area (Å²) >= 11 is 0. The Bertz CT molecular complexity index is 1390. The molecule has 0 bridgehead atoms. The molecule has 0 fully saturated rings. The van der Waals surface area contributed by atoms with Gasteiger partial charge in [0.1, 0.15) is 5.75 Å². The molecule has 0 atom stereocenters. The molecule has 2 aromatic carbocycles. The van der Waals surface area contributed by atoms with Crippen LogP contribution in [0.5, 0.6) is 5.75 Å². The number of alkyl halides is 3. The van der Waals surface area contributed by atoms with Crippen molar-refractivity contribution in [3.63, 3.8) is 0 Å². The maximum Gasteiger partial charge on any atom is 0.573 e. The maximum absolute atomic E-state index is 13.4. The second-order valence-corrected chi connectivity index (χ2v) is 8.27. The number of benzene rings is 2. The van der Waals surface area contributed by atoms with E-state index in [1.165, 1.54) is 12.1 Å². The summed E-state index contributed by atoms with van der Waals surface area (Å²) in [6.45, 7) is 8.75. The van der Waals surface area contributed by atoms with Crippen molar-refractivity contribution in [2.45, 2.75) is 40.1 Å². The fourth-order valence-corrected chi connectivity index (χ4v) is 3.93. The van der Waals surface area contributed by atoms with E-state index in [0.29, 0.717) is 34.4 Å². The van der Waals surface area contributed by atoms with Crippen molar-refractivity contribution < 1.29 is 27.5 Å². The monoisotopic (exact) mass is 513 g/mol. The predicted octanol–water partition coefficient (Wildman–Crippen LogP) is 5.17. The summed E-state index contributed by atoms with van der Waals surface area (Å²) in [5.74, 6) is -1.54. The fourth-order valence-electron chi connectivity index (χ4n) is 3.93. The van der Waals surface area contributed by atoms with Crippen molar-refractivity contribution in [2.75, 3.05) is 5.32 Å². The van der Waals surface area contributed by atoms with Crippen LogP contribution in [0, 0.1) is 13.8 Å². The molecule has 3 rings (SSSR count). The molecular weight excluding hydrogens is 487 g/mol. The minimum Gasteiger partial charge on any atom is -0.406 e. The number of aromatic nitrogens is 1. The third-order valence-electron chi connectivity index (χ3n) is 5.64. The van der Waals surface area contributed by atoms with Gasteiger partial charge in [-0.25, -0.2) is 0 Å². The molecule has 10 heteroatoms. The molecule has 37 heavy (non-hydrogen) atoms. The van der Waals surface area contributed by atoms with Gasteiger partial charge in [-0.3, -0.25) is 14.4 Å². The number of amides is 2. The number of hydrogen-bond acceptors (Lipinski definition) is 4. The molecule has 0 aliphatic heterocycles. The van der Waals surface area contributed by atoms with Gasteiger partial charge in [0.2, 0.25) is 5.91 Å². The SMILES string of the molecule is C=CC(=O)Nc1c(-c2ccc(OC(F)(F)F)cc2)ccc(C)c1C(=O)NCc1c(CC)cc(C)[nH]c1=O. The van der Waals surface area contributed by atoms with Gasteiger partial charge in [-0.1, -0.05) is 37.8 Å². The Morgan fingerprint density at radius 3 is 2.38 bits per heavy atom. The highest BCUT2D eigenvalue weighted by atomic mass is 19.4. The van der Waals surface area contributed by atoms with Gasteiger partial charge in [0.25, 0.3) is 11.5 Å². The minimum atomic E-state index is -4.84. The zero-order valence-electron chi connectivity index (χ0n) is 20.5. The number of rotatable bonds is 8. The lowest BCUT2D eigenvalue weighted by atomic mass is 9.95. The molecule has 0 radical (unpaired) electrons. The average Bonchev–Trinajstić information content (AvgIpc) is 2.82. The van der Waals surface area contributed by atoms with Crippen LogP contribution in [0.4, 0.5) is 18.9 Å². The number of carbonyl (C=O) groups excluding carboxylic acids is 2. The normalized spacial score (nSPS) is 11.1. The summed E-state index contributed by atoms with van der Waals surface area (Å²) in [4.78, 5) is 40.8. The van der Waals surface area contributed by atoms with Crippen LogP contribution in [0.3, 0.4) is 0 Å². The summed E-state index contributed by atoms with van der Waals surface area (Å²) in [6.07, 6.45) is -3.21. The van der Waals surface area contributed by atoms with E-state index in [1.807, 2.05) is 13.0 Å². The Hall–Kier alpha value is -4.34. The van der Waals surface area contributed by atoms with Crippen LogP contribution in [0.25, 0.3) is 11.1 Å².